The van der Waals surface area contributed by atoms with Crippen LogP contribution in [0.5, 0.6) is 5.75 Å². The molecule has 0 fully saturated rings. The van der Waals surface area contributed by atoms with Gasteiger partial charge in [-0.2, -0.15) is 0 Å². The van der Waals surface area contributed by atoms with Crippen molar-refractivity contribution in [2.75, 3.05) is 5.32 Å². The van der Waals surface area contributed by atoms with Gasteiger partial charge < -0.3 is 10.4 Å². The number of anilines is 1. The third-order valence-corrected chi connectivity index (χ3v) is 3.29. The van der Waals surface area contributed by atoms with Gasteiger partial charge in [0.05, 0.1) is 17.1 Å². The van der Waals surface area contributed by atoms with Crippen LogP contribution in [-0.4, -0.2) is 11.0 Å². The first-order valence-electron chi connectivity index (χ1n) is 5.99. The molecule has 0 bridgehead atoms. The van der Waals surface area contributed by atoms with Gasteiger partial charge in [-0.25, -0.2) is 0 Å². The highest BCUT2D eigenvalue weighted by Crippen LogP contribution is 2.35. The van der Waals surface area contributed by atoms with Gasteiger partial charge in [-0.3, -0.25) is 4.79 Å². The van der Waals surface area contributed by atoms with Gasteiger partial charge in [0.1, 0.15) is 0 Å². The number of nitrogens with one attached hydrogen (secondary N) is 1. The number of benzene rings is 2. The minimum atomic E-state index is -0.248. The molecule has 2 aromatic carbocycles. The zero-order valence-corrected chi connectivity index (χ0v) is 12.3. The van der Waals surface area contributed by atoms with Crippen LogP contribution >= 0.6 is 23.2 Å². The second-order valence-electron chi connectivity index (χ2n) is 4.49. The molecular weight excluding hydrogens is 297 g/mol. The van der Waals surface area contributed by atoms with Crippen molar-refractivity contribution in [3.63, 3.8) is 0 Å². The van der Waals surface area contributed by atoms with E-state index in [2.05, 4.69) is 5.32 Å². The van der Waals surface area contributed by atoms with E-state index < -0.39 is 0 Å². The van der Waals surface area contributed by atoms with Gasteiger partial charge in [0, 0.05) is 5.02 Å². The van der Waals surface area contributed by atoms with Gasteiger partial charge in [-0.15, -0.1) is 0 Å². The molecule has 0 aromatic heterocycles. The van der Waals surface area contributed by atoms with Gasteiger partial charge in [-0.1, -0.05) is 53.0 Å². The van der Waals surface area contributed by atoms with Crippen molar-refractivity contribution in [1.82, 2.24) is 0 Å². The van der Waals surface area contributed by atoms with E-state index in [1.54, 1.807) is 0 Å². The number of rotatable bonds is 3. The average Bonchev–Trinajstić information content (AvgIpc) is 2.38. The zero-order valence-electron chi connectivity index (χ0n) is 10.8. The Hall–Kier alpha value is -1.71. The number of halogens is 2. The maximum atomic E-state index is 11.9. The van der Waals surface area contributed by atoms with Crippen molar-refractivity contribution in [2.24, 2.45) is 0 Å². The van der Waals surface area contributed by atoms with Crippen LogP contribution in [0.15, 0.2) is 36.4 Å². The first-order chi connectivity index (χ1) is 9.45. The molecule has 20 heavy (non-hydrogen) atoms. The number of carbonyl (C=O) groups excluding carboxylic acids is 1. The second kappa shape index (κ2) is 6.16. The molecule has 2 N–H and O–H groups in total. The Balaban J connectivity index is 2.10. The van der Waals surface area contributed by atoms with Gasteiger partial charge >= 0.3 is 0 Å². The van der Waals surface area contributed by atoms with Crippen molar-refractivity contribution in [3.8, 4) is 5.75 Å². The molecule has 5 heteroatoms. The van der Waals surface area contributed by atoms with Crippen molar-refractivity contribution in [1.29, 1.82) is 0 Å². The molecule has 104 valence electrons. The highest BCUT2D eigenvalue weighted by molar-refractivity contribution is 6.36. The van der Waals surface area contributed by atoms with Gasteiger partial charge in [-0.05, 0) is 24.6 Å². The third kappa shape index (κ3) is 3.65. The maximum Gasteiger partial charge on any atom is 0.228 e. The Morgan fingerprint density at radius 1 is 1.20 bits per heavy atom. The fourth-order valence-electron chi connectivity index (χ4n) is 1.75. The maximum absolute atomic E-state index is 11.9. The Labute approximate surface area is 127 Å². The fraction of sp³-hybridized carbons (Fsp3) is 0.133. The average molecular weight is 310 g/mol. The molecule has 0 aliphatic rings. The third-order valence-electron chi connectivity index (χ3n) is 2.79. The summed E-state index contributed by atoms with van der Waals surface area (Å²) in [5.41, 5.74) is 2.23. The summed E-state index contributed by atoms with van der Waals surface area (Å²) in [6, 6.07) is 10.5. The predicted octanol–water partition coefficient (Wildman–Crippen LogP) is 4.19. The SMILES string of the molecule is Cc1ccc(CC(=O)Nc2cc(Cl)cc(Cl)c2O)cc1. The summed E-state index contributed by atoms with van der Waals surface area (Å²) in [5, 5.41) is 12.8. The van der Waals surface area contributed by atoms with Crippen molar-refractivity contribution >= 4 is 34.8 Å². The quantitative estimate of drug-likeness (QED) is 0.835. The lowest BCUT2D eigenvalue weighted by molar-refractivity contribution is -0.115. The minimum Gasteiger partial charge on any atom is -0.504 e. The Kier molecular flexibility index (Phi) is 4.53. The van der Waals surface area contributed by atoms with E-state index >= 15 is 0 Å². The molecule has 0 unspecified atom stereocenters. The lowest BCUT2D eigenvalue weighted by atomic mass is 10.1. The molecule has 0 saturated carbocycles. The predicted molar refractivity (Wildman–Crippen MR) is 81.6 cm³/mol. The van der Waals surface area contributed by atoms with Crippen molar-refractivity contribution in [3.05, 3.63) is 57.6 Å². The number of phenolic OH excluding ortho intramolecular Hbond substituents is 1. The number of aryl methyl sites for hydroxylation is 1. The molecule has 1 amide bonds. The summed E-state index contributed by atoms with van der Waals surface area (Å²) in [4.78, 5) is 11.9. The van der Waals surface area contributed by atoms with E-state index in [0.29, 0.717) is 5.02 Å². The highest BCUT2D eigenvalue weighted by atomic mass is 35.5. The van der Waals surface area contributed by atoms with Crippen LogP contribution in [0, 0.1) is 6.92 Å². The number of aromatic hydroxyl groups is 1. The highest BCUT2D eigenvalue weighted by Gasteiger charge is 2.11. The minimum absolute atomic E-state index is 0.100. The van der Waals surface area contributed by atoms with Crippen LogP contribution in [0.4, 0.5) is 5.69 Å². The van der Waals surface area contributed by atoms with E-state index in [-0.39, 0.29) is 28.8 Å². The number of hydrogen-bond donors (Lipinski definition) is 2. The van der Waals surface area contributed by atoms with Crippen molar-refractivity contribution < 1.29 is 9.90 Å². The van der Waals surface area contributed by atoms with Crippen molar-refractivity contribution in [2.45, 2.75) is 13.3 Å². The molecule has 3 nitrogen and oxygen atoms in total. The van der Waals surface area contributed by atoms with E-state index in [4.69, 9.17) is 23.2 Å². The second-order valence-corrected chi connectivity index (χ2v) is 5.34. The Morgan fingerprint density at radius 2 is 1.85 bits per heavy atom. The van der Waals surface area contributed by atoms with Gasteiger partial charge in [0.15, 0.2) is 5.75 Å². The van der Waals surface area contributed by atoms with Crippen LogP contribution in [0.25, 0.3) is 0 Å². The standard InChI is InChI=1S/C15H13Cl2NO2/c1-9-2-4-10(5-3-9)6-14(19)18-13-8-11(16)7-12(17)15(13)20/h2-5,7-8,20H,6H2,1H3,(H,18,19). The van der Waals surface area contributed by atoms with E-state index in [9.17, 15) is 9.90 Å². The summed E-state index contributed by atoms with van der Waals surface area (Å²) >= 11 is 11.6. The smallest absolute Gasteiger partial charge is 0.228 e. The van der Waals surface area contributed by atoms with E-state index in [1.807, 2.05) is 31.2 Å². The number of amides is 1. The molecule has 0 heterocycles. The molecular formula is C15H13Cl2NO2. The van der Waals surface area contributed by atoms with Crippen LogP contribution in [-0.2, 0) is 11.2 Å². The largest absolute Gasteiger partial charge is 0.504 e. The normalized spacial score (nSPS) is 10.3. The molecule has 2 rings (SSSR count). The molecule has 0 aliphatic heterocycles. The van der Waals surface area contributed by atoms with Gasteiger partial charge in [0.2, 0.25) is 5.91 Å². The monoisotopic (exact) mass is 309 g/mol. The summed E-state index contributed by atoms with van der Waals surface area (Å²) in [7, 11) is 0. The molecule has 0 radical (unpaired) electrons. The summed E-state index contributed by atoms with van der Waals surface area (Å²) < 4.78 is 0. The van der Waals surface area contributed by atoms with Crippen LogP contribution < -0.4 is 5.32 Å². The zero-order chi connectivity index (χ0) is 14.7. The molecule has 0 spiro atoms. The van der Waals surface area contributed by atoms with E-state index in [0.717, 1.165) is 11.1 Å². The molecule has 0 atom stereocenters. The van der Waals surface area contributed by atoms with E-state index in [1.165, 1.54) is 12.1 Å². The van der Waals surface area contributed by atoms with Crippen LogP contribution in [0.3, 0.4) is 0 Å². The van der Waals surface area contributed by atoms with Crippen LogP contribution in [0.1, 0.15) is 11.1 Å². The number of phenols is 1. The lowest BCUT2D eigenvalue weighted by Crippen LogP contribution is -2.14. The molecule has 0 aliphatic carbocycles. The first kappa shape index (κ1) is 14.7. The van der Waals surface area contributed by atoms with Gasteiger partial charge in [0.25, 0.3) is 0 Å². The lowest BCUT2D eigenvalue weighted by Gasteiger charge is -2.09. The fourth-order valence-corrected chi connectivity index (χ4v) is 2.24. The summed E-state index contributed by atoms with van der Waals surface area (Å²) in [6.45, 7) is 1.98. The Morgan fingerprint density at radius 3 is 2.50 bits per heavy atom. The summed E-state index contributed by atoms with van der Waals surface area (Å²) in [6.07, 6.45) is 0.212. The molecule has 2 aromatic rings. The topological polar surface area (TPSA) is 49.3 Å². The molecule has 0 saturated heterocycles. The Bertz CT molecular complexity index is 639. The van der Waals surface area contributed by atoms with Crippen LogP contribution in [0.2, 0.25) is 10.0 Å². The number of carbonyl (C=O) groups is 1. The summed E-state index contributed by atoms with van der Waals surface area (Å²) in [5.74, 6) is -0.434. The first-order valence-corrected chi connectivity index (χ1v) is 6.74. The number of hydrogen-bond acceptors (Lipinski definition) is 2.